The quantitative estimate of drug-likeness (QED) is 0.0470. The van der Waals surface area contributed by atoms with Gasteiger partial charge in [0, 0.05) is 74.0 Å². The molecule has 6 heterocycles. The van der Waals surface area contributed by atoms with Gasteiger partial charge in [-0.15, -0.1) is 11.3 Å². The number of likely N-dealkylation sites (tertiary alicyclic amines) is 1. The lowest BCUT2D eigenvalue weighted by Gasteiger charge is -2.41. The lowest BCUT2D eigenvalue weighted by molar-refractivity contribution is -0.146. The summed E-state index contributed by atoms with van der Waals surface area (Å²) < 4.78 is 7.43. The molecule has 10 rings (SSSR count). The molecule has 17 atom stereocenters. The minimum absolute atomic E-state index is 0.0217. The molecule has 15 amide bonds. The van der Waals surface area contributed by atoms with E-state index < -0.39 is 239 Å². The number of amides is 15. The first-order valence-electron chi connectivity index (χ1n) is 49.8. The van der Waals surface area contributed by atoms with Crippen molar-refractivity contribution >= 4 is 144 Å². The minimum Gasteiger partial charge on any atom is -0.481 e. The van der Waals surface area contributed by atoms with Gasteiger partial charge in [0.05, 0.1) is 54.7 Å². The Bertz CT molecular complexity index is 5620. The predicted octanol–water partition coefficient (Wildman–Crippen LogP) is 3.10. The lowest BCUT2D eigenvalue weighted by atomic mass is 9.83. The fourth-order valence-electron chi connectivity index (χ4n) is 18.7. The second-order valence-electron chi connectivity index (χ2n) is 40.1. The summed E-state index contributed by atoms with van der Waals surface area (Å²) in [6, 6.07) is 8.59. The Labute approximate surface area is 865 Å². The van der Waals surface area contributed by atoms with Crippen molar-refractivity contribution < 1.29 is 117 Å². The Morgan fingerprint density at radius 1 is 0.585 bits per heavy atom. The van der Waals surface area contributed by atoms with E-state index in [4.69, 9.17) is 10.5 Å². The number of carbonyl (C=O) groups is 18. The molecule has 4 aromatic carbocycles. The number of allylic oxidation sites excluding steroid dienone is 3. The third-order valence-corrected chi connectivity index (χ3v) is 28.6. The van der Waals surface area contributed by atoms with Crippen LogP contribution in [0.15, 0.2) is 137 Å². The van der Waals surface area contributed by atoms with Crippen LogP contribution in [0.25, 0.3) is 10.1 Å². The zero-order valence-electron chi connectivity index (χ0n) is 83.9. The van der Waals surface area contributed by atoms with Gasteiger partial charge in [-0.3, -0.25) is 87.3 Å². The van der Waals surface area contributed by atoms with Gasteiger partial charge in [-0.05, 0) is 200 Å². The number of nitrogens with zero attached hydrogens (tertiary/aromatic N) is 2. The van der Waals surface area contributed by atoms with Crippen LogP contribution in [0.5, 0.6) is 0 Å². The molecular formula is C103H139BrN18O24S. The highest BCUT2D eigenvalue weighted by Gasteiger charge is 2.51. The highest BCUT2D eigenvalue weighted by Crippen LogP contribution is 2.36. The van der Waals surface area contributed by atoms with Crippen LogP contribution in [0.4, 0.5) is 4.79 Å². The largest absolute Gasteiger partial charge is 0.481 e. The highest BCUT2D eigenvalue weighted by molar-refractivity contribution is 9.10. The van der Waals surface area contributed by atoms with E-state index in [-0.39, 0.29) is 166 Å². The molecule has 147 heavy (non-hydrogen) atoms. The number of aliphatic hydroxyl groups excluding tert-OH is 2. The van der Waals surface area contributed by atoms with Gasteiger partial charge in [0.2, 0.25) is 82.7 Å². The van der Waals surface area contributed by atoms with Crippen LogP contribution in [-0.4, -0.2) is 282 Å². The number of fused-ring (bicyclic) bond motifs is 4. The van der Waals surface area contributed by atoms with Gasteiger partial charge in [0.1, 0.15) is 71.9 Å². The van der Waals surface area contributed by atoms with Crippen molar-refractivity contribution in [1.82, 2.24) is 89.6 Å². The summed E-state index contributed by atoms with van der Waals surface area (Å²) in [5.74, 6) is -17.2. The van der Waals surface area contributed by atoms with Crippen molar-refractivity contribution in [1.29, 1.82) is 0 Å². The van der Waals surface area contributed by atoms with Crippen molar-refractivity contribution in [3.8, 4) is 0 Å². The average molecular weight is 2130 g/mol. The van der Waals surface area contributed by atoms with E-state index in [1.165, 1.54) is 80.0 Å². The Kier molecular flexibility index (Phi) is 42.5. The van der Waals surface area contributed by atoms with Crippen LogP contribution in [0.2, 0.25) is 0 Å². The number of aliphatic hydroxyl groups is 2. The molecule has 0 aliphatic carbocycles. The molecule has 22 N–H and O–H groups in total. The van der Waals surface area contributed by atoms with E-state index in [1.807, 2.05) is 29.6 Å². The van der Waals surface area contributed by atoms with Crippen molar-refractivity contribution in [2.75, 3.05) is 32.8 Å². The molecule has 2 spiro atoms. The molecular weight excluding hydrogens is 1990 g/mol. The van der Waals surface area contributed by atoms with E-state index in [9.17, 15) is 78.3 Å². The summed E-state index contributed by atoms with van der Waals surface area (Å²) in [6.07, 6.45) is -0.669. The number of cyclic esters (lactones) is 1. The maximum atomic E-state index is 16.2. The smallest absolute Gasteiger partial charge is 0.409 e. The molecule has 0 saturated carbocycles. The fraction of sp³-hybridized carbons (Fsp3) is 0.534. The maximum absolute atomic E-state index is 16.2. The van der Waals surface area contributed by atoms with E-state index in [0.29, 0.717) is 27.6 Å². The van der Waals surface area contributed by atoms with Crippen LogP contribution in [0, 0.1) is 5.41 Å². The van der Waals surface area contributed by atoms with E-state index in [0.717, 1.165) is 10.1 Å². The predicted molar refractivity (Wildman–Crippen MR) is 545 cm³/mol. The van der Waals surface area contributed by atoms with Crippen molar-refractivity contribution in [3.63, 3.8) is 0 Å². The lowest BCUT2D eigenvalue weighted by Crippen LogP contribution is -2.67. The Morgan fingerprint density at radius 2 is 1.17 bits per heavy atom. The third kappa shape index (κ3) is 34.0. The normalized spacial score (nSPS) is 27.4. The number of halogens is 1. The molecule has 1 aromatic heterocycles. The molecule has 3 unspecified atom stereocenters. The SMILES string of the molecule is CC(=O)N1CCC[C@]12C/C=C\CCC[C@]1(CCC/C=C\CCCOC(=O)N3CC4N[C@@H](Cc5ccccc5Br)C(=O)N[C@@H](Cc5csc6ccccc56)C(=O)N[C@H](C(=O)N[C@@H](C)C(N)O)CCC(=O)NCCCC[C@H](NC(=O)[C@H](Cc5ccccc5)NC(=O)[C@H](C)NC(=O)C(C)(C)NC(=O)[C@H](Cc5cccc(C(=O)O)c5)NC(=O)[C@H](CC(=O)O)NC1=O)C(=O)N[C@@H]4C3)NC(O)[C@H](CC(C)(C)C)NC(=O)[C@H](CC(=O)O)NC2=O. The molecule has 44 heteroatoms. The van der Waals surface area contributed by atoms with Crippen LogP contribution < -0.4 is 85.5 Å². The van der Waals surface area contributed by atoms with E-state index >= 15 is 33.6 Å². The number of aromatic carboxylic acids is 1. The summed E-state index contributed by atoms with van der Waals surface area (Å²) in [5.41, 5.74) is 0.782. The first kappa shape index (κ1) is 116. The fourth-order valence-corrected chi connectivity index (χ4v) is 20.1. The molecule has 798 valence electrons. The number of carbonyl (C=O) groups excluding carboxylic acids is 15. The number of thiophene rings is 1. The van der Waals surface area contributed by atoms with Crippen LogP contribution >= 0.6 is 27.3 Å². The maximum Gasteiger partial charge on any atom is 0.409 e. The van der Waals surface area contributed by atoms with E-state index in [2.05, 4.69) is 95.7 Å². The summed E-state index contributed by atoms with van der Waals surface area (Å²) in [6.45, 7) is 11.1. The van der Waals surface area contributed by atoms with Crippen molar-refractivity contribution in [3.05, 3.63) is 165 Å². The standard InChI is InChI=1S/C103H139BrN18O24S/c1-59(84(105)129)107-86(131)70-39-40-81(124)106-45-26-22-37-69-87(132)116-79-57-121(56-78(79)109-73(51-64-33-18-20-36-68(64)104)89(134)114-74(90(135)111-70)52-66-58-147-80-38-21-19-35-67(66)80)99(145)146-47-27-14-10-9-11-23-41-102(42-24-12-13-25-43-103(44-29-46-122(103)61(3)123)98(144)118-76(54-83(127)128)92(137)115-77(94(139)120-102)55-100(4,5)6)97(143)117-75(53-82(125)126)91(136)113-72(50-63-32-28-34-65(48-63)95(140)141)93(138)119-101(7,8)96(142)108-60(2)85(130)112-71(88(133)110-69)49-62-30-16-15-17-31-62/h9-10,13,15-21,25,28,30-36,38,48,58-60,69-79,84,94,109,120,129,139H,11-12,14,22-24,26-27,29,37,39-47,49-57,105H2,1-8H3,(H,106,124)(H,107,131)(H,108,142)(H,110,133)(H,111,135)(H,112,130)(H,113,136)(H,114,134)(H,115,137)(H,116,132)(H,117,143)(H,118,144)(H,119,138)(H,125,126)(H,127,128)(H,140,141)/b10-9-,25-13-/t59-,60-,69-,70-,71-,72-,73-,74-,75-,76-,77-,78?,79+,84?,94?,102-,103-/m0/s1. The Balaban J connectivity index is 1.05. The number of hydrogen-bond donors (Lipinski definition) is 21. The molecule has 3 bridgehead atoms. The number of nitrogens with two attached hydrogens (primary N) is 1. The number of aliphatic carboxylic acids is 2. The van der Waals surface area contributed by atoms with Gasteiger partial charge in [-0.1, -0.05) is 140 Å². The highest BCUT2D eigenvalue weighted by atomic mass is 79.9. The summed E-state index contributed by atoms with van der Waals surface area (Å²) in [5, 5.41) is 99.0. The molecule has 0 radical (unpaired) electrons. The Hall–Kier alpha value is -13.1. The van der Waals surface area contributed by atoms with Crippen molar-refractivity contribution in [2.45, 2.75) is 311 Å². The number of benzene rings is 4. The number of hydrogen-bond acceptors (Lipinski definition) is 25. The number of carboxylic acids is 3. The molecule has 5 aliphatic heterocycles. The first-order valence-corrected chi connectivity index (χ1v) is 51.5. The molecule has 5 aliphatic rings. The van der Waals surface area contributed by atoms with Gasteiger partial charge >= 0.3 is 24.0 Å². The zero-order chi connectivity index (χ0) is 107. The summed E-state index contributed by atoms with van der Waals surface area (Å²) in [4.78, 5) is 266. The molecule has 3 saturated heterocycles. The van der Waals surface area contributed by atoms with Gasteiger partial charge < -0.3 is 115 Å². The zero-order valence-corrected chi connectivity index (χ0v) is 86.3. The number of ether oxygens (including phenoxy) is 1. The van der Waals surface area contributed by atoms with Gasteiger partial charge in [-0.25, -0.2) is 9.59 Å². The topological polar surface area (TPSA) is 631 Å². The third-order valence-electron chi connectivity index (χ3n) is 26.8. The molecule has 3 fully saturated rings. The van der Waals surface area contributed by atoms with E-state index in [1.54, 1.807) is 99.7 Å². The van der Waals surface area contributed by atoms with Crippen LogP contribution in [0.1, 0.15) is 210 Å². The Morgan fingerprint density at radius 3 is 1.84 bits per heavy atom. The minimum atomic E-state index is -2.12. The second kappa shape index (κ2) is 54.0. The first-order chi connectivity index (χ1) is 69.7. The number of rotatable bonds is 17. The average Bonchev–Trinajstić information content (AvgIpc) is 1.66. The monoisotopic (exact) mass is 2120 g/mol. The number of nitrogens with one attached hydrogen (secondary N) is 15. The summed E-state index contributed by atoms with van der Waals surface area (Å²) in [7, 11) is 0. The second-order valence-corrected chi connectivity index (χ2v) is 41.8. The van der Waals surface area contributed by atoms with Gasteiger partial charge in [-0.2, -0.15) is 0 Å². The molecule has 42 nitrogen and oxygen atoms in total. The van der Waals surface area contributed by atoms with Crippen molar-refractivity contribution in [2.24, 2.45) is 11.1 Å². The van der Waals surface area contributed by atoms with Crippen LogP contribution in [0.3, 0.4) is 0 Å². The van der Waals surface area contributed by atoms with Crippen LogP contribution in [-0.2, 0) is 107 Å². The van der Waals surface area contributed by atoms with Gasteiger partial charge in [0.25, 0.3) is 0 Å². The summed E-state index contributed by atoms with van der Waals surface area (Å²) >= 11 is 5.04. The molecule has 5 aromatic rings. The number of carboxylic acid groups (broad SMARTS) is 3. The van der Waals surface area contributed by atoms with Gasteiger partial charge in [0.15, 0.2) is 0 Å².